The standard InChI is InChI=1S/C23H22N4O2/c1-3-16-4-6-17(7-5-16)15-27(2)18-8-10-19(11-9-18)29-23-25-21-14-24-13-12-20(21)22(28)26-23/h4-14H,3,15H2,1-2H3,(H,25,26,28). The molecule has 0 saturated carbocycles. The highest BCUT2D eigenvalue weighted by molar-refractivity contribution is 5.82. The Hall–Kier alpha value is -3.67. The number of aromatic nitrogens is 3. The van der Waals surface area contributed by atoms with Crippen molar-refractivity contribution in [3.63, 3.8) is 0 Å². The van der Waals surface area contributed by atoms with Gasteiger partial charge in [-0.25, -0.2) is 0 Å². The van der Waals surface area contributed by atoms with E-state index in [4.69, 9.17) is 4.74 Å². The monoisotopic (exact) mass is 386 g/mol. The number of aryl methyl sites for hydroxylation is 1. The SMILES string of the molecule is CCc1ccc(CN(C)c2ccc(Oc3nc(O)c4ccncc4n3)cc2)cc1. The highest BCUT2D eigenvalue weighted by Crippen LogP contribution is 2.27. The summed E-state index contributed by atoms with van der Waals surface area (Å²) in [6.07, 6.45) is 4.20. The molecule has 0 atom stereocenters. The Bertz CT molecular complexity index is 1110. The summed E-state index contributed by atoms with van der Waals surface area (Å²) < 4.78 is 5.72. The van der Waals surface area contributed by atoms with Crippen LogP contribution in [0.1, 0.15) is 18.1 Å². The number of hydrogen-bond donors (Lipinski definition) is 1. The third-order valence-corrected chi connectivity index (χ3v) is 4.80. The van der Waals surface area contributed by atoms with Gasteiger partial charge in [0, 0.05) is 25.5 Å². The van der Waals surface area contributed by atoms with E-state index < -0.39 is 0 Å². The molecule has 4 aromatic rings. The predicted octanol–water partition coefficient (Wildman–Crippen LogP) is 4.72. The van der Waals surface area contributed by atoms with Gasteiger partial charge < -0.3 is 14.7 Å². The van der Waals surface area contributed by atoms with Crippen LogP contribution < -0.4 is 9.64 Å². The number of benzene rings is 2. The Morgan fingerprint density at radius 3 is 2.38 bits per heavy atom. The van der Waals surface area contributed by atoms with Crippen molar-refractivity contribution in [2.45, 2.75) is 19.9 Å². The number of pyridine rings is 1. The summed E-state index contributed by atoms with van der Waals surface area (Å²) in [6, 6.07) is 18.1. The van der Waals surface area contributed by atoms with E-state index in [2.05, 4.69) is 58.1 Å². The summed E-state index contributed by atoms with van der Waals surface area (Å²) in [7, 11) is 2.06. The van der Waals surface area contributed by atoms with Crippen molar-refractivity contribution in [1.82, 2.24) is 15.0 Å². The van der Waals surface area contributed by atoms with Gasteiger partial charge in [0.15, 0.2) is 0 Å². The molecule has 0 saturated heterocycles. The van der Waals surface area contributed by atoms with Gasteiger partial charge in [-0.3, -0.25) is 4.98 Å². The summed E-state index contributed by atoms with van der Waals surface area (Å²) in [5.41, 5.74) is 4.21. The summed E-state index contributed by atoms with van der Waals surface area (Å²) in [5.74, 6) is 0.468. The first-order chi connectivity index (χ1) is 14.1. The van der Waals surface area contributed by atoms with Crippen molar-refractivity contribution in [1.29, 1.82) is 0 Å². The molecule has 0 aliphatic heterocycles. The molecule has 6 heteroatoms. The fraction of sp³-hybridized carbons (Fsp3) is 0.174. The highest BCUT2D eigenvalue weighted by Gasteiger charge is 2.09. The van der Waals surface area contributed by atoms with Crippen LogP contribution in [0.25, 0.3) is 10.9 Å². The molecule has 0 unspecified atom stereocenters. The lowest BCUT2D eigenvalue weighted by atomic mass is 10.1. The molecule has 4 rings (SSSR count). The van der Waals surface area contributed by atoms with Crippen molar-refractivity contribution in [2.75, 3.05) is 11.9 Å². The van der Waals surface area contributed by atoms with Gasteiger partial charge in [-0.2, -0.15) is 9.97 Å². The van der Waals surface area contributed by atoms with Crippen LogP contribution in [0.15, 0.2) is 67.0 Å². The number of aromatic hydroxyl groups is 1. The number of fused-ring (bicyclic) bond motifs is 1. The van der Waals surface area contributed by atoms with E-state index in [1.165, 1.54) is 11.1 Å². The van der Waals surface area contributed by atoms with E-state index >= 15 is 0 Å². The molecule has 0 aliphatic carbocycles. The van der Waals surface area contributed by atoms with E-state index in [0.29, 0.717) is 16.7 Å². The molecule has 6 nitrogen and oxygen atoms in total. The summed E-state index contributed by atoms with van der Waals surface area (Å²) in [5, 5.41) is 10.6. The molecular formula is C23H22N4O2. The first-order valence-electron chi connectivity index (χ1n) is 9.50. The molecule has 146 valence electrons. The quantitative estimate of drug-likeness (QED) is 0.517. The Kier molecular flexibility index (Phi) is 5.24. The number of nitrogens with zero attached hydrogens (tertiary/aromatic N) is 4. The molecule has 2 heterocycles. The van der Waals surface area contributed by atoms with Crippen molar-refractivity contribution in [3.05, 3.63) is 78.1 Å². The normalized spacial score (nSPS) is 10.8. The number of hydrogen-bond acceptors (Lipinski definition) is 6. The molecule has 0 bridgehead atoms. The molecule has 2 aromatic carbocycles. The second kappa shape index (κ2) is 8.14. The van der Waals surface area contributed by atoms with E-state index in [1.807, 2.05) is 24.3 Å². The zero-order valence-corrected chi connectivity index (χ0v) is 16.4. The van der Waals surface area contributed by atoms with Gasteiger partial charge in [0.25, 0.3) is 0 Å². The number of anilines is 1. The molecule has 0 fully saturated rings. The van der Waals surface area contributed by atoms with E-state index in [1.54, 1.807) is 18.5 Å². The van der Waals surface area contributed by atoms with Crippen molar-refractivity contribution < 1.29 is 9.84 Å². The first kappa shape index (κ1) is 18.7. The molecule has 2 aromatic heterocycles. The summed E-state index contributed by atoms with van der Waals surface area (Å²) >= 11 is 0. The highest BCUT2D eigenvalue weighted by atomic mass is 16.5. The zero-order chi connectivity index (χ0) is 20.2. The van der Waals surface area contributed by atoms with Crippen molar-refractivity contribution >= 4 is 16.6 Å². The minimum atomic E-state index is -0.127. The van der Waals surface area contributed by atoms with Crippen molar-refractivity contribution in [2.24, 2.45) is 0 Å². The summed E-state index contributed by atoms with van der Waals surface area (Å²) in [4.78, 5) is 14.5. The average molecular weight is 386 g/mol. The van der Waals surface area contributed by atoms with E-state index in [9.17, 15) is 5.11 Å². The third-order valence-electron chi connectivity index (χ3n) is 4.80. The minimum absolute atomic E-state index is 0.0834. The smallest absolute Gasteiger partial charge is 0.325 e. The Morgan fingerprint density at radius 1 is 0.931 bits per heavy atom. The van der Waals surface area contributed by atoms with Crippen LogP contribution >= 0.6 is 0 Å². The maximum Gasteiger partial charge on any atom is 0.325 e. The van der Waals surface area contributed by atoms with Crippen LogP contribution in [0, 0.1) is 0 Å². The summed E-state index contributed by atoms with van der Waals surface area (Å²) in [6.45, 7) is 2.98. The Morgan fingerprint density at radius 2 is 1.66 bits per heavy atom. The second-order valence-electron chi connectivity index (χ2n) is 6.84. The Balaban J connectivity index is 1.46. The molecule has 1 N–H and O–H groups in total. The van der Waals surface area contributed by atoms with Gasteiger partial charge in [-0.1, -0.05) is 31.2 Å². The van der Waals surface area contributed by atoms with Gasteiger partial charge in [-0.15, -0.1) is 0 Å². The number of rotatable bonds is 6. The maximum absolute atomic E-state index is 10.1. The van der Waals surface area contributed by atoms with Gasteiger partial charge >= 0.3 is 6.01 Å². The van der Waals surface area contributed by atoms with Gasteiger partial charge in [-0.05, 0) is 47.9 Å². The average Bonchev–Trinajstić information content (AvgIpc) is 2.75. The Labute approximate surface area is 169 Å². The topological polar surface area (TPSA) is 71.4 Å². The first-order valence-corrected chi connectivity index (χ1v) is 9.50. The maximum atomic E-state index is 10.1. The fourth-order valence-corrected chi connectivity index (χ4v) is 3.11. The molecule has 0 amide bonds. The van der Waals surface area contributed by atoms with E-state index in [0.717, 1.165) is 18.7 Å². The number of ether oxygens (including phenoxy) is 1. The predicted molar refractivity (Wildman–Crippen MR) is 113 cm³/mol. The van der Waals surface area contributed by atoms with E-state index in [-0.39, 0.29) is 11.9 Å². The lowest BCUT2D eigenvalue weighted by Gasteiger charge is -2.20. The van der Waals surface area contributed by atoms with Crippen LogP contribution in [0.5, 0.6) is 17.6 Å². The molecule has 0 radical (unpaired) electrons. The van der Waals surface area contributed by atoms with Crippen LogP contribution in [0.4, 0.5) is 5.69 Å². The molecule has 0 spiro atoms. The lowest BCUT2D eigenvalue weighted by Crippen LogP contribution is -2.16. The van der Waals surface area contributed by atoms with Gasteiger partial charge in [0.05, 0.1) is 17.1 Å². The van der Waals surface area contributed by atoms with Crippen LogP contribution in [0.2, 0.25) is 0 Å². The minimum Gasteiger partial charge on any atom is -0.493 e. The molecule has 0 aliphatic rings. The second-order valence-corrected chi connectivity index (χ2v) is 6.84. The lowest BCUT2D eigenvalue weighted by molar-refractivity contribution is 0.412. The van der Waals surface area contributed by atoms with Crippen LogP contribution in [-0.4, -0.2) is 27.1 Å². The largest absolute Gasteiger partial charge is 0.493 e. The van der Waals surface area contributed by atoms with Gasteiger partial charge in [0.1, 0.15) is 5.75 Å². The van der Waals surface area contributed by atoms with Gasteiger partial charge in [0.2, 0.25) is 5.88 Å². The van der Waals surface area contributed by atoms with Crippen LogP contribution in [0.3, 0.4) is 0 Å². The van der Waals surface area contributed by atoms with Crippen LogP contribution in [-0.2, 0) is 13.0 Å². The molecular weight excluding hydrogens is 364 g/mol. The zero-order valence-electron chi connectivity index (χ0n) is 16.4. The van der Waals surface area contributed by atoms with Crippen molar-refractivity contribution in [3.8, 4) is 17.6 Å². The fourth-order valence-electron chi connectivity index (χ4n) is 3.11. The third kappa shape index (κ3) is 4.27. The molecule has 29 heavy (non-hydrogen) atoms.